The molecule has 39 heavy (non-hydrogen) atoms. The van der Waals surface area contributed by atoms with E-state index in [1.807, 2.05) is 95.8 Å². The van der Waals surface area contributed by atoms with E-state index < -0.39 is 0 Å². The lowest BCUT2D eigenvalue weighted by Crippen LogP contribution is -1.96. The average Bonchev–Trinajstić information content (AvgIpc) is 3.61. The van der Waals surface area contributed by atoms with Crippen molar-refractivity contribution < 1.29 is 4.74 Å². The monoisotopic (exact) mass is 507 g/mol. The van der Waals surface area contributed by atoms with Crippen molar-refractivity contribution >= 4 is 22.7 Å². The number of aromatic nitrogens is 4. The number of nitrogens with zero attached hydrogens (tertiary/aromatic N) is 4. The van der Waals surface area contributed by atoms with Crippen LogP contribution in [0.15, 0.2) is 109 Å². The first-order valence-corrected chi connectivity index (χ1v) is 12.7. The third-order valence-corrected chi connectivity index (χ3v) is 6.48. The van der Waals surface area contributed by atoms with Crippen molar-refractivity contribution in [2.24, 2.45) is 0 Å². The number of hydrogen-bond acceptors (Lipinski definition) is 4. The summed E-state index contributed by atoms with van der Waals surface area (Å²) >= 11 is 0. The van der Waals surface area contributed by atoms with E-state index in [2.05, 4.69) is 47.2 Å². The van der Waals surface area contributed by atoms with Crippen LogP contribution in [0.1, 0.15) is 22.5 Å². The lowest BCUT2D eigenvalue weighted by atomic mass is 10.1. The second kappa shape index (κ2) is 10.5. The Morgan fingerprint density at radius 2 is 1.67 bits per heavy atom. The van der Waals surface area contributed by atoms with Gasteiger partial charge in [-0.05, 0) is 67.1 Å². The Labute approximate surface area is 226 Å². The van der Waals surface area contributed by atoms with Crippen LogP contribution in [0.5, 0.6) is 5.75 Å². The molecule has 0 amide bonds. The van der Waals surface area contributed by atoms with Crippen LogP contribution in [0.3, 0.4) is 0 Å². The van der Waals surface area contributed by atoms with Crippen molar-refractivity contribution in [1.29, 1.82) is 5.26 Å². The average molecular weight is 508 g/mol. The molecule has 0 fully saturated rings. The molecule has 0 saturated heterocycles. The predicted octanol–water partition coefficient (Wildman–Crippen LogP) is 7.37. The molecule has 0 saturated carbocycles. The fourth-order valence-electron chi connectivity index (χ4n) is 4.38. The number of imidazole rings is 1. The lowest BCUT2D eigenvalue weighted by molar-refractivity contribution is 0.306. The number of hydrogen-bond donors (Lipinski definition) is 1. The van der Waals surface area contributed by atoms with Crippen LogP contribution in [0.25, 0.3) is 39.6 Å². The number of fused-ring (bicyclic) bond motifs is 1. The van der Waals surface area contributed by atoms with Crippen LogP contribution >= 0.6 is 0 Å². The number of rotatable bonds is 7. The lowest BCUT2D eigenvalue weighted by Gasteiger charge is -2.08. The third kappa shape index (κ3) is 5.20. The molecular formula is C33H25N5O. The molecule has 0 atom stereocenters. The van der Waals surface area contributed by atoms with Gasteiger partial charge in [0.15, 0.2) is 0 Å². The van der Waals surface area contributed by atoms with E-state index in [9.17, 15) is 5.26 Å². The Hall–Kier alpha value is -5.41. The van der Waals surface area contributed by atoms with E-state index in [1.54, 1.807) is 0 Å². The van der Waals surface area contributed by atoms with Crippen molar-refractivity contribution in [2.45, 2.75) is 13.5 Å². The van der Waals surface area contributed by atoms with E-state index in [4.69, 9.17) is 9.84 Å². The third-order valence-electron chi connectivity index (χ3n) is 6.48. The van der Waals surface area contributed by atoms with E-state index >= 15 is 0 Å². The number of nitrogens with one attached hydrogen (secondary N) is 1. The van der Waals surface area contributed by atoms with Crippen LogP contribution < -0.4 is 4.74 Å². The summed E-state index contributed by atoms with van der Waals surface area (Å²) in [6.07, 6.45) is 3.77. The molecule has 188 valence electrons. The molecular weight excluding hydrogens is 482 g/mol. The second-order valence-electron chi connectivity index (χ2n) is 9.28. The zero-order valence-corrected chi connectivity index (χ0v) is 21.4. The number of aryl methyl sites for hydroxylation is 1. The van der Waals surface area contributed by atoms with Gasteiger partial charge in [0.25, 0.3) is 0 Å². The number of benzene rings is 4. The minimum Gasteiger partial charge on any atom is -0.489 e. The Kier molecular flexibility index (Phi) is 6.46. The highest BCUT2D eigenvalue weighted by Gasteiger charge is 2.15. The van der Waals surface area contributed by atoms with Gasteiger partial charge in [-0.3, -0.25) is 0 Å². The topological polar surface area (TPSA) is 79.5 Å². The summed E-state index contributed by atoms with van der Waals surface area (Å²) in [6, 6.07) is 36.2. The van der Waals surface area contributed by atoms with Crippen LogP contribution in [-0.2, 0) is 6.61 Å². The molecule has 1 N–H and O–H groups in total. The molecule has 6 heteroatoms. The molecule has 4 aromatic carbocycles. The van der Waals surface area contributed by atoms with Crippen LogP contribution in [-0.4, -0.2) is 19.7 Å². The maximum atomic E-state index is 10.0. The first kappa shape index (κ1) is 24.0. The SMILES string of the molecule is Cc1ccc(COc2ccc(-c3nn(-c4ccccc4)cc3/C=C(/C#N)c3nc4ccccc4[nH]3)cc2)cc1. The quantitative estimate of drug-likeness (QED) is 0.229. The van der Waals surface area contributed by atoms with Crippen LogP contribution in [0, 0.1) is 18.3 Å². The van der Waals surface area contributed by atoms with Crippen molar-refractivity contribution in [3.63, 3.8) is 0 Å². The van der Waals surface area contributed by atoms with Gasteiger partial charge in [0.2, 0.25) is 0 Å². The number of nitriles is 1. The maximum Gasteiger partial charge on any atom is 0.149 e. The molecule has 6 nitrogen and oxygen atoms in total. The molecule has 0 unspecified atom stereocenters. The van der Waals surface area contributed by atoms with Gasteiger partial charge in [-0.25, -0.2) is 9.67 Å². The number of H-pyrrole nitrogens is 1. The summed E-state index contributed by atoms with van der Waals surface area (Å²) in [5.74, 6) is 1.30. The first-order valence-electron chi connectivity index (χ1n) is 12.7. The Bertz CT molecular complexity index is 1770. The molecule has 0 bridgehead atoms. The van der Waals surface area contributed by atoms with Gasteiger partial charge in [0, 0.05) is 17.3 Å². The van der Waals surface area contributed by atoms with Crippen molar-refractivity contribution in [3.05, 3.63) is 132 Å². The second-order valence-corrected chi connectivity index (χ2v) is 9.28. The number of aromatic amines is 1. The highest BCUT2D eigenvalue weighted by Crippen LogP contribution is 2.29. The van der Waals surface area contributed by atoms with E-state index in [0.717, 1.165) is 44.9 Å². The maximum absolute atomic E-state index is 10.0. The van der Waals surface area contributed by atoms with Crippen LogP contribution in [0.4, 0.5) is 0 Å². The van der Waals surface area contributed by atoms with Crippen molar-refractivity contribution in [3.8, 4) is 28.8 Å². The number of ether oxygens (including phenoxy) is 1. The summed E-state index contributed by atoms with van der Waals surface area (Å²) in [5.41, 5.74) is 7.88. The van der Waals surface area contributed by atoms with E-state index in [0.29, 0.717) is 18.0 Å². The smallest absolute Gasteiger partial charge is 0.149 e. The van der Waals surface area contributed by atoms with Crippen LogP contribution in [0.2, 0.25) is 0 Å². The Balaban J connectivity index is 1.34. The number of para-hydroxylation sites is 3. The summed E-state index contributed by atoms with van der Waals surface area (Å²) in [4.78, 5) is 7.88. The Morgan fingerprint density at radius 1 is 0.923 bits per heavy atom. The standard InChI is InChI=1S/C33H25N5O/c1-23-11-13-24(14-12-23)22-39-29-17-15-25(16-18-29)32-27(21-38(37-32)28-7-3-2-4-8-28)19-26(20-34)33-35-30-9-5-6-10-31(30)36-33/h2-19,21H,22H2,1H3,(H,35,36)/b26-19-. The molecule has 0 radical (unpaired) electrons. The Morgan fingerprint density at radius 3 is 2.41 bits per heavy atom. The predicted molar refractivity (Wildman–Crippen MR) is 154 cm³/mol. The zero-order valence-electron chi connectivity index (χ0n) is 21.4. The van der Waals surface area contributed by atoms with E-state index in [-0.39, 0.29) is 0 Å². The fourth-order valence-corrected chi connectivity index (χ4v) is 4.38. The fraction of sp³-hybridized carbons (Fsp3) is 0.0606. The van der Waals surface area contributed by atoms with Crippen molar-refractivity contribution in [2.75, 3.05) is 0 Å². The van der Waals surface area contributed by atoms with E-state index in [1.165, 1.54) is 5.56 Å². The summed E-state index contributed by atoms with van der Waals surface area (Å²) < 4.78 is 7.83. The molecule has 0 aliphatic rings. The molecule has 6 rings (SSSR count). The largest absolute Gasteiger partial charge is 0.489 e. The zero-order chi connectivity index (χ0) is 26.6. The minimum atomic E-state index is 0.429. The summed E-state index contributed by atoms with van der Waals surface area (Å²) in [7, 11) is 0. The highest BCUT2D eigenvalue weighted by atomic mass is 16.5. The normalized spacial score (nSPS) is 11.4. The molecule has 0 aliphatic carbocycles. The van der Waals surface area contributed by atoms with Gasteiger partial charge in [-0.15, -0.1) is 0 Å². The van der Waals surface area contributed by atoms with Crippen molar-refractivity contribution in [1.82, 2.24) is 19.7 Å². The van der Waals surface area contributed by atoms with Gasteiger partial charge in [0.1, 0.15) is 24.3 Å². The van der Waals surface area contributed by atoms with Gasteiger partial charge in [-0.2, -0.15) is 10.4 Å². The molecule has 2 heterocycles. The summed E-state index contributed by atoms with van der Waals surface area (Å²) in [5, 5.41) is 14.9. The van der Waals surface area contributed by atoms with Gasteiger partial charge >= 0.3 is 0 Å². The molecule has 2 aromatic heterocycles. The van der Waals surface area contributed by atoms with Gasteiger partial charge in [-0.1, -0.05) is 60.2 Å². The molecule has 6 aromatic rings. The van der Waals surface area contributed by atoms with Gasteiger partial charge in [0.05, 0.1) is 28.0 Å². The molecule has 0 aliphatic heterocycles. The first-order chi connectivity index (χ1) is 19.2. The van der Waals surface area contributed by atoms with Gasteiger partial charge < -0.3 is 9.72 Å². The number of allylic oxidation sites excluding steroid dienone is 1. The molecule has 0 spiro atoms. The minimum absolute atomic E-state index is 0.429. The summed E-state index contributed by atoms with van der Waals surface area (Å²) in [6.45, 7) is 2.57. The highest BCUT2D eigenvalue weighted by molar-refractivity contribution is 5.92.